The fourth-order valence-electron chi connectivity index (χ4n) is 2.31. The van der Waals surface area contributed by atoms with Crippen molar-refractivity contribution in [1.29, 1.82) is 0 Å². The lowest BCUT2D eigenvalue weighted by Gasteiger charge is -2.16. The lowest BCUT2D eigenvalue weighted by atomic mass is 10.0. The van der Waals surface area contributed by atoms with E-state index in [0.717, 1.165) is 6.08 Å². The summed E-state index contributed by atoms with van der Waals surface area (Å²) in [7, 11) is 1.63. The van der Waals surface area contributed by atoms with E-state index in [1.54, 1.807) is 26.1 Å². The fraction of sp³-hybridized carbons (Fsp3) is 0.438. The minimum Gasteiger partial charge on any atom is -0.464 e. The Labute approximate surface area is 128 Å². The van der Waals surface area contributed by atoms with Crippen molar-refractivity contribution in [2.24, 2.45) is 0 Å². The van der Waals surface area contributed by atoms with Crippen LogP contribution < -0.4 is 0 Å². The molecule has 0 amide bonds. The van der Waals surface area contributed by atoms with Crippen LogP contribution in [-0.4, -0.2) is 30.7 Å². The Bertz CT molecular complexity index is 564. The molecule has 0 spiro atoms. The van der Waals surface area contributed by atoms with Gasteiger partial charge in [0.25, 0.3) is 0 Å². The summed E-state index contributed by atoms with van der Waals surface area (Å²) < 4.78 is 31.6. The molecular weight excluding hydrogens is 292 g/mol. The van der Waals surface area contributed by atoms with Crippen molar-refractivity contribution in [2.75, 3.05) is 13.7 Å². The van der Waals surface area contributed by atoms with Crippen molar-refractivity contribution in [3.05, 3.63) is 47.3 Å². The summed E-state index contributed by atoms with van der Waals surface area (Å²) in [6, 6.07) is -0.602. The number of allylic oxidation sites excluding steroid dienone is 6. The molecule has 4 nitrogen and oxygen atoms in total. The molecule has 22 heavy (non-hydrogen) atoms. The molecule has 6 heteroatoms. The molecule has 0 saturated carbocycles. The van der Waals surface area contributed by atoms with Crippen LogP contribution in [0.1, 0.15) is 26.2 Å². The van der Waals surface area contributed by atoms with Crippen LogP contribution in [0.5, 0.6) is 0 Å². The molecule has 0 N–H and O–H groups in total. The first-order valence-corrected chi connectivity index (χ1v) is 7.20. The summed E-state index contributed by atoms with van der Waals surface area (Å²) in [6.07, 6.45) is 6.60. The van der Waals surface area contributed by atoms with Gasteiger partial charge in [-0.3, -0.25) is 0 Å². The van der Waals surface area contributed by atoms with Crippen molar-refractivity contribution < 1.29 is 23.1 Å². The van der Waals surface area contributed by atoms with Gasteiger partial charge in [-0.15, -0.1) is 5.06 Å². The van der Waals surface area contributed by atoms with Crippen LogP contribution in [0.4, 0.5) is 8.78 Å². The summed E-state index contributed by atoms with van der Waals surface area (Å²) in [5, 5.41) is 1.40. The third kappa shape index (κ3) is 4.27. The Hall–Kier alpha value is -1.95. The molecule has 2 aliphatic rings. The van der Waals surface area contributed by atoms with E-state index >= 15 is 0 Å². The van der Waals surface area contributed by atoms with Crippen molar-refractivity contribution in [1.82, 2.24) is 5.06 Å². The number of carbonyl (C=O) groups is 1. The molecule has 0 aromatic heterocycles. The van der Waals surface area contributed by atoms with Crippen molar-refractivity contribution >= 4 is 5.97 Å². The Morgan fingerprint density at radius 3 is 2.95 bits per heavy atom. The number of halogens is 2. The topological polar surface area (TPSA) is 38.8 Å². The number of hydroxylamine groups is 2. The molecule has 0 saturated heterocycles. The smallest absolute Gasteiger partial charge is 0.330 e. The summed E-state index contributed by atoms with van der Waals surface area (Å²) in [6.45, 7) is 2.03. The second-order valence-electron chi connectivity index (χ2n) is 5.08. The van der Waals surface area contributed by atoms with E-state index in [0.29, 0.717) is 30.8 Å². The van der Waals surface area contributed by atoms with Gasteiger partial charge in [-0.2, -0.15) is 0 Å². The van der Waals surface area contributed by atoms with E-state index in [4.69, 9.17) is 9.57 Å². The maximum atomic E-state index is 13.5. The monoisotopic (exact) mass is 311 g/mol. The van der Waals surface area contributed by atoms with Gasteiger partial charge in [0.05, 0.1) is 6.61 Å². The highest BCUT2D eigenvalue weighted by molar-refractivity contribution is 5.78. The van der Waals surface area contributed by atoms with E-state index in [-0.39, 0.29) is 6.42 Å². The molecule has 0 bridgehead atoms. The van der Waals surface area contributed by atoms with Gasteiger partial charge in [0.2, 0.25) is 0 Å². The molecule has 120 valence electrons. The van der Waals surface area contributed by atoms with Gasteiger partial charge < -0.3 is 9.57 Å². The predicted molar refractivity (Wildman–Crippen MR) is 77.7 cm³/mol. The van der Waals surface area contributed by atoms with Crippen LogP contribution in [0.2, 0.25) is 0 Å². The zero-order valence-corrected chi connectivity index (χ0v) is 12.6. The highest BCUT2D eigenvalue weighted by Gasteiger charge is 2.31. The number of hydrogen-bond donors (Lipinski definition) is 0. The number of rotatable bonds is 4. The van der Waals surface area contributed by atoms with Crippen LogP contribution in [0.25, 0.3) is 0 Å². The molecule has 2 rings (SSSR count). The molecule has 1 heterocycles. The summed E-state index contributed by atoms with van der Waals surface area (Å²) in [5.74, 6) is -0.945. The van der Waals surface area contributed by atoms with Gasteiger partial charge in [0, 0.05) is 26.0 Å². The van der Waals surface area contributed by atoms with E-state index in [2.05, 4.69) is 0 Å². The summed E-state index contributed by atoms with van der Waals surface area (Å²) >= 11 is 0. The molecule has 0 fully saturated rings. The van der Waals surface area contributed by atoms with Gasteiger partial charge in [-0.05, 0) is 31.1 Å². The predicted octanol–water partition coefficient (Wildman–Crippen LogP) is 3.50. The third-order valence-electron chi connectivity index (χ3n) is 3.31. The maximum absolute atomic E-state index is 13.5. The van der Waals surface area contributed by atoms with Crippen LogP contribution in [0.15, 0.2) is 47.3 Å². The van der Waals surface area contributed by atoms with Gasteiger partial charge in [0.15, 0.2) is 6.04 Å². The standard InChI is InChI=1S/C16H19F2NO3/c1-3-21-16(20)15-10-14(22-19(15)2)8-11-5-4-6-12(17)9-13(18)7-11/h5,7,9-10,15H,3-4,6,8H2,1-2H3/b11-5+,12-9-,13-7+. The average Bonchev–Trinajstić information content (AvgIpc) is 2.77. The lowest BCUT2D eigenvalue weighted by molar-refractivity contribution is -0.161. The van der Waals surface area contributed by atoms with E-state index in [1.807, 2.05) is 0 Å². The van der Waals surface area contributed by atoms with Crippen molar-refractivity contribution in [3.8, 4) is 0 Å². The van der Waals surface area contributed by atoms with E-state index < -0.39 is 23.7 Å². The third-order valence-corrected chi connectivity index (χ3v) is 3.31. The largest absolute Gasteiger partial charge is 0.464 e. The Morgan fingerprint density at radius 1 is 1.45 bits per heavy atom. The number of nitrogens with zero attached hydrogens (tertiary/aromatic N) is 1. The first kappa shape index (κ1) is 16.4. The normalized spacial score (nSPS) is 29.7. The van der Waals surface area contributed by atoms with Gasteiger partial charge in [-0.25, -0.2) is 13.6 Å². The van der Waals surface area contributed by atoms with Crippen molar-refractivity contribution in [2.45, 2.75) is 32.2 Å². The summed E-state index contributed by atoms with van der Waals surface area (Å²) in [5.41, 5.74) is 0.686. The maximum Gasteiger partial charge on any atom is 0.330 e. The Balaban J connectivity index is 2.07. The van der Waals surface area contributed by atoms with Gasteiger partial charge in [0.1, 0.15) is 17.4 Å². The van der Waals surface area contributed by atoms with Crippen LogP contribution in [0, 0.1) is 0 Å². The molecule has 0 aromatic rings. The molecule has 1 aliphatic carbocycles. The van der Waals surface area contributed by atoms with Gasteiger partial charge >= 0.3 is 5.97 Å². The minimum atomic E-state index is -0.627. The highest BCUT2D eigenvalue weighted by atomic mass is 19.1. The SMILES string of the molecule is CCOC(=O)C1C=C(CC2=C/CC/C(F)=C/C(F)=C\2)ON1C. The second kappa shape index (κ2) is 7.35. The molecule has 1 unspecified atom stereocenters. The zero-order valence-electron chi connectivity index (χ0n) is 12.6. The fourth-order valence-corrected chi connectivity index (χ4v) is 2.31. The molecule has 1 aliphatic heterocycles. The second-order valence-corrected chi connectivity index (χ2v) is 5.08. The highest BCUT2D eigenvalue weighted by Crippen LogP contribution is 2.27. The Morgan fingerprint density at radius 2 is 2.23 bits per heavy atom. The zero-order chi connectivity index (χ0) is 16.1. The first-order valence-electron chi connectivity index (χ1n) is 7.20. The quantitative estimate of drug-likeness (QED) is 0.745. The van der Waals surface area contributed by atoms with E-state index in [1.165, 1.54) is 11.1 Å². The molecule has 1 atom stereocenters. The molecule has 0 radical (unpaired) electrons. The number of hydrogen-bond acceptors (Lipinski definition) is 4. The lowest BCUT2D eigenvalue weighted by Crippen LogP contribution is -2.33. The molecular formula is C16H19F2NO3. The first-order chi connectivity index (χ1) is 10.5. The van der Waals surface area contributed by atoms with Crippen molar-refractivity contribution in [3.63, 3.8) is 0 Å². The van der Waals surface area contributed by atoms with Crippen LogP contribution in [0.3, 0.4) is 0 Å². The average molecular weight is 311 g/mol. The van der Waals surface area contributed by atoms with Crippen LogP contribution >= 0.6 is 0 Å². The van der Waals surface area contributed by atoms with Crippen LogP contribution in [-0.2, 0) is 14.4 Å². The minimum absolute atomic E-state index is 0.177. The summed E-state index contributed by atoms with van der Waals surface area (Å²) in [4.78, 5) is 17.2. The molecule has 0 aromatic carbocycles. The number of esters is 1. The number of likely N-dealkylation sites (N-methyl/N-ethyl adjacent to an activating group) is 1. The van der Waals surface area contributed by atoms with E-state index in [9.17, 15) is 13.6 Å². The Kier molecular flexibility index (Phi) is 5.49. The number of carbonyl (C=O) groups excluding carboxylic acids is 1. The number of ether oxygens (including phenoxy) is 1. The van der Waals surface area contributed by atoms with Gasteiger partial charge in [-0.1, -0.05) is 6.08 Å².